The highest BCUT2D eigenvalue weighted by Crippen LogP contribution is 2.27. The van der Waals surface area contributed by atoms with Gasteiger partial charge in [0.1, 0.15) is 12.1 Å². The van der Waals surface area contributed by atoms with E-state index in [4.69, 9.17) is 0 Å². The molecule has 0 aromatic heterocycles. The molecule has 92 valence electrons. The van der Waals surface area contributed by atoms with Crippen LogP contribution in [-0.4, -0.2) is 51.6 Å². The van der Waals surface area contributed by atoms with Crippen LogP contribution in [0.15, 0.2) is 0 Å². The van der Waals surface area contributed by atoms with Crippen LogP contribution in [0.2, 0.25) is 0 Å². The van der Waals surface area contributed by atoms with Crippen molar-refractivity contribution in [3.63, 3.8) is 0 Å². The molecule has 1 aliphatic rings. The van der Waals surface area contributed by atoms with Gasteiger partial charge in [-0.15, -0.1) is 0 Å². The van der Waals surface area contributed by atoms with Crippen LogP contribution in [-0.2, 0) is 9.59 Å². The number of hydrogen-bond acceptors (Lipinski definition) is 4. The number of amides is 1. The number of rotatable bonds is 1. The van der Waals surface area contributed by atoms with Crippen LogP contribution in [0, 0.1) is 5.41 Å². The third kappa shape index (κ3) is 2.25. The number of β-amino-alcohol motifs (C(OH)–C–C–N with tert-alkyl or cyclic N) is 1. The average Bonchev–Trinajstić information content (AvgIpc) is 2.41. The molecule has 1 heterocycles. The van der Waals surface area contributed by atoms with E-state index in [1.807, 2.05) is 0 Å². The van der Waals surface area contributed by atoms with Gasteiger partial charge < -0.3 is 15.1 Å². The van der Waals surface area contributed by atoms with Gasteiger partial charge in [0.2, 0.25) is 5.91 Å². The number of likely N-dealkylation sites (tertiary alicyclic amines) is 1. The molecule has 0 aromatic carbocycles. The molecule has 16 heavy (non-hydrogen) atoms. The number of nitrogens with zero attached hydrogens (tertiary/aromatic N) is 1. The minimum absolute atomic E-state index is 0.0169. The first-order chi connectivity index (χ1) is 7.16. The molecule has 0 radical (unpaired) electrons. The first kappa shape index (κ1) is 13.1. The number of ketones is 1. The Bertz CT molecular complexity index is 308. The Labute approximate surface area is 95.1 Å². The number of Topliss-reactive ketones (excluding diaryl/α,β-unsaturated/α-hetero) is 1. The van der Waals surface area contributed by atoms with Crippen molar-refractivity contribution in [1.82, 2.24) is 4.90 Å². The number of aliphatic hydroxyl groups is 2. The summed E-state index contributed by atoms with van der Waals surface area (Å²) in [5, 5.41) is 19.3. The number of hydrogen-bond donors (Lipinski definition) is 2. The van der Waals surface area contributed by atoms with Crippen molar-refractivity contribution in [3.8, 4) is 0 Å². The van der Waals surface area contributed by atoms with Crippen LogP contribution < -0.4 is 0 Å². The second kappa shape index (κ2) is 4.14. The second-order valence-electron chi connectivity index (χ2n) is 5.29. The lowest BCUT2D eigenvalue weighted by Gasteiger charge is -2.29. The maximum Gasteiger partial charge on any atom is 0.220 e. The first-order valence-electron chi connectivity index (χ1n) is 5.34. The van der Waals surface area contributed by atoms with Crippen LogP contribution in [0.3, 0.4) is 0 Å². The average molecular weight is 229 g/mol. The monoisotopic (exact) mass is 229 g/mol. The van der Waals surface area contributed by atoms with Gasteiger partial charge >= 0.3 is 0 Å². The van der Waals surface area contributed by atoms with Crippen molar-refractivity contribution in [2.75, 3.05) is 6.54 Å². The molecule has 1 saturated heterocycles. The summed E-state index contributed by atoms with van der Waals surface area (Å²) in [6, 6.07) is -0.924. The van der Waals surface area contributed by atoms with E-state index in [0.29, 0.717) is 0 Å². The molecule has 0 spiro atoms. The third-order valence-electron chi connectivity index (χ3n) is 2.85. The van der Waals surface area contributed by atoms with Crippen molar-refractivity contribution in [3.05, 3.63) is 0 Å². The summed E-state index contributed by atoms with van der Waals surface area (Å²) >= 11 is 0. The van der Waals surface area contributed by atoms with E-state index in [9.17, 15) is 19.8 Å². The number of carbonyl (C=O) groups is 2. The summed E-state index contributed by atoms with van der Waals surface area (Å²) in [7, 11) is 0. The molecule has 1 rings (SSSR count). The fourth-order valence-corrected chi connectivity index (χ4v) is 1.88. The molecule has 0 saturated carbocycles. The molecule has 0 bridgehead atoms. The van der Waals surface area contributed by atoms with Gasteiger partial charge in [0.05, 0.1) is 12.6 Å². The predicted octanol–water partition coefficient (Wildman–Crippen LogP) is -0.446. The second-order valence-corrected chi connectivity index (χ2v) is 5.29. The number of aliphatic hydroxyl groups excluding tert-OH is 2. The van der Waals surface area contributed by atoms with Crippen molar-refractivity contribution < 1.29 is 19.8 Å². The Kier molecular flexibility index (Phi) is 3.40. The minimum atomic E-state index is -1.18. The Morgan fingerprint density at radius 2 is 1.75 bits per heavy atom. The quantitative estimate of drug-likeness (QED) is 0.638. The highest BCUT2D eigenvalue weighted by molar-refractivity contribution is 5.93. The zero-order valence-corrected chi connectivity index (χ0v) is 10.1. The Morgan fingerprint density at radius 3 is 2.12 bits per heavy atom. The van der Waals surface area contributed by atoms with Crippen LogP contribution in [0.4, 0.5) is 0 Å². The van der Waals surface area contributed by atoms with Crippen LogP contribution in [0.1, 0.15) is 27.7 Å². The summed E-state index contributed by atoms with van der Waals surface area (Å²) in [6.07, 6.45) is -2.23. The fourth-order valence-electron chi connectivity index (χ4n) is 1.88. The molecular formula is C11H19NO4. The number of carbonyl (C=O) groups excluding carboxylic acids is 2. The molecule has 0 aliphatic carbocycles. The summed E-state index contributed by atoms with van der Waals surface area (Å²) in [6.45, 7) is 6.53. The van der Waals surface area contributed by atoms with E-state index in [0.717, 1.165) is 0 Å². The Morgan fingerprint density at radius 1 is 1.25 bits per heavy atom. The highest BCUT2D eigenvalue weighted by Gasteiger charge is 2.47. The van der Waals surface area contributed by atoms with E-state index < -0.39 is 23.7 Å². The van der Waals surface area contributed by atoms with E-state index in [2.05, 4.69) is 0 Å². The minimum Gasteiger partial charge on any atom is -0.388 e. The molecule has 1 aliphatic heterocycles. The maximum absolute atomic E-state index is 12.1. The van der Waals surface area contributed by atoms with E-state index in [-0.39, 0.29) is 18.2 Å². The van der Waals surface area contributed by atoms with Crippen molar-refractivity contribution in [2.24, 2.45) is 5.41 Å². The lowest BCUT2D eigenvalue weighted by molar-refractivity contribution is -0.142. The largest absolute Gasteiger partial charge is 0.388 e. The molecule has 5 heteroatoms. The predicted molar refractivity (Wildman–Crippen MR) is 57.7 cm³/mol. The highest BCUT2D eigenvalue weighted by atomic mass is 16.3. The molecule has 0 aromatic rings. The zero-order valence-electron chi connectivity index (χ0n) is 10.1. The fraction of sp³-hybridized carbons (Fsp3) is 0.818. The zero-order chi connectivity index (χ0) is 12.7. The van der Waals surface area contributed by atoms with Gasteiger partial charge in [0.15, 0.2) is 5.78 Å². The molecule has 3 atom stereocenters. The Hall–Kier alpha value is -0.940. The van der Waals surface area contributed by atoms with Crippen LogP contribution in [0.25, 0.3) is 0 Å². The lowest BCUT2D eigenvalue weighted by atomic mass is 9.84. The first-order valence-corrected chi connectivity index (χ1v) is 5.34. The summed E-state index contributed by atoms with van der Waals surface area (Å²) in [4.78, 5) is 24.6. The van der Waals surface area contributed by atoms with Crippen molar-refractivity contribution in [1.29, 1.82) is 0 Å². The van der Waals surface area contributed by atoms with E-state index in [1.165, 1.54) is 11.8 Å². The van der Waals surface area contributed by atoms with E-state index in [1.54, 1.807) is 20.8 Å². The SMILES string of the molecule is CC(=O)N1CC(O)C(O)C1C(=O)C(C)(C)C. The van der Waals surface area contributed by atoms with Gasteiger partial charge in [-0.25, -0.2) is 0 Å². The maximum atomic E-state index is 12.1. The normalized spacial score (nSPS) is 30.6. The van der Waals surface area contributed by atoms with E-state index >= 15 is 0 Å². The molecule has 2 N–H and O–H groups in total. The molecule has 1 amide bonds. The molecule has 1 fully saturated rings. The summed E-state index contributed by atoms with van der Waals surface area (Å²) in [5.74, 6) is -0.537. The summed E-state index contributed by atoms with van der Waals surface area (Å²) in [5.41, 5.74) is -0.649. The Balaban J connectivity index is 2.99. The van der Waals surface area contributed by atoms with Gasteiger partial charge in [-0.1, -0.05) is 20.8 Å². The molecule has 5 nitrogen and oxygen atoms in total. The van der Waals surface area contributed by atoms with Crippen LogP contribution >= 0.6 is 0 Å². The standard InChI is InChI=1S/C11H19NO4/c1-6(13)12-5-7(14)9(15)8(12)10(16)11(2,3)4/h7-9,14-15H,5H2,1-4H3. The smallest absolute Gasteiger partial charge is 0.220 e. The van der Waals surface area contributed by atoms with Gasteiger partial charge in [-0.3, -0.25) is 9.59 Å². The third-order valence-corrected chi connectivity index (χ3v) is 2.85. The van der Waals surface area contributed by atoms with Crippen LogP contribution in [0.5, 0.6) is 0 Å². The molecule has 3 unspecified atom stereocenters. The van der Waals surface area contributed by atoms with Crippen molar-refractivity contribution >= 4 is 11.7 Å². The van der Waals surface area contributed by atoms with Gasteiger partial charge in [-0.2, -0.15) is 0 Å². The summed E-state index contributed by atoms with van der Waals surface area (Å²) < 4.78 is 0. The van der Waals surface area contributed by atoms with Gasteiger partial charge in [0.25, 0.3) is 0 Å². The van der Waals surface area contributed by atoms with Crippen molar-refractivity contribution in [2.45, 2.75) is 45.9 Å². The topological polar surface area (TPSA) is 77.8 Å². The van der Waals surface area contributed by atoms with Gasteiger partial charge in [-0.05, 0) is 0 Å². The molecular weight excluding hydrogens is 210 g/mol. The van der Waals surface area contributed by atoms with Gasteiger partial charge in [0, 0.05) is 12.3 Å². The lowest BCUT2D eigenvalue weighted by Crippen LogP contribution is -2.49.